The first-order valence-electron chi connectivity index (χ1n) is 7.52. The summed E-state index contributed by atoms with van der Waals surface area (Å²) in [7, 11) is 0. The molecule has 1 rings (SSSR count). The average molecular weight is 342 g/mol. The van der Waals surface area contributed by atoms with Gasteiger partial charge in [-0.15, -0.1) is 0 Å². The molecule has 0 fully saturated rings. The number of esters is 3. The van der Waals surface area contributed by atoms with Gasteiger partial charge in [0.25, 0.3) is 0 Å². The van der Waals surface area contributed by atoms with Gasteiger partial charge in [-0.25, -0.2) is 9.59 Å². The van der Waals surface area contributed by atoms with Gasteiger partial charge in [-0.05, 0) is 32.9 Å². The Hall–Kier alpha value is -2.19. The van der Waals surface area contributed by atoms with E-state index in [0.29, 0.717) is 0 Å². The van der Waals surface area contributed by atoms with Gasteiger partial charge in [0.15, 0.2) is 0 Å². The molecule has 0 spiro atoms. The molecule has 8 nitrogen and oxygen atoms in total. The molecule has 0 bridgehead atoms. The Morgan fingerprint density at radius 3 is 1.83 bits per heavy atom. The summed E-state index contributed by atoms with van der Waals surface area (Å²) in [6.45, 7) is 4.41. The van der Waals surface area contributed by atoms with Crippen LogP contribution in [0.5, 0.6) is 0 Å². The van der Waals surface area contributed by atoms with E-state index in [4.69, 9.17) is 14.2 Å². The minimum atomic E-state index is -1.22. The zero-order chi connectivity index (χ0) is 18.3. The minimum Gasteiger partial charge on any atom is -0.459 e. The van der Waals surface area contributed by atoms with Crippen molar-refractivity contribution < 1.29 is 38.8 Å². The summed E-state index contributed by atoms with van der Waals surface area (Å²) in [4.78, 5) is 34.9. The number of rotatable bonds is 0. The topological polar surface area (TPSA) is 119 Å². The van der Waals surface area contributed by atoms with Crippen molar-refractivity contribution in [2.24, 2.45) is 0 Å². The molecular weight excluding hydrogens is 320 g/mol. The van der Waals surface area contributed by atoms with Crippen LogP contribution in [0.2, 0.25) is 0 Å². The van der Waals surface area contributed by atoms with Crippen molar-refractivity contribution in [3.8, 4) is 0 Å². The fraction of sp³-hybridized carbons (Fsp3) is 0.562. The van der Waals surface area contributed by atoms with Gasteiger partial charge in [-0.2, -0.15) is 0 Å². The summed E-state index contributed by atoms with van der Waals surface area (Å²) < 4.78 is 14.9. The fourth-order valence-electron chi connectivity index (χ4n) is 1.80. The lowest BCUT2D eigenvalue weighted by molar-refractivity contribution is -0.157. The van der Waals surface area contributed by atoms with E-state index in [0.717, 1.165) is 24.3 Å². The van der Waals surface area contributed by atoms with Crippen LogP contribution in [0.1, 0.15) is 27.2 Å². The zero-order valence-corrected chi connectivity index (χ0v) is 13.7. The molecule has 0 aromatic carbocycles. The highest BCUT2D eigenvalue weighted by molar-refractivity contribution is 5.83. The quantitative estimate of drug-likeness (QED) is 0.467. The van der Waals surface area contributed by atoms with E-state index in [9.17, 15) is 24.6 Å². The predicted octanol–water partition coefficient (Wildman–Crippen LogP) is 0.0194. The zero-order valence-electron chi connectivity index (χ0n) is 13.7. The molecule has 134 valence electrons. The molecule has 24 heavy (non-hydrogen) atoms. The first-order chi connectivity index (χ1) is 11.2. The van der Waals surface area contributed by atoms with Gasteiger partial charge in [0.2, 0.25) is 0 Å². The normalized spacial score (nSPS) is 36.2. The molecule has 2 N–H and O–H groups in total. The molecule has 0 saturated carbocycles. The molecule has 0 aliphatic carbocycles. The maximum Gasteiger partial charge on any atom is 0.330 e. The molecule has 0 unspecified atom stereocenters. The largest absolute Gasteiger partial charge is 0.459 e. The maximum atomic E-state index is 11.7. The number of cyclic esters (lactones) is 3. The van der Waals surface area contributed by atoms with Gasteiger partial charge in [0.05, 0.1) is 6.42 Å². The predicted molar refractivity (Wildman–Crippen MR) is 81.6 cm³/mol. The van der Waals surface area contributed by atoms with E-state index in [1.807, 2.05) is 0 Å². The Morgan fingerprint density at radius 2 is 1.29 bits per heavy atom. The van der Waals surface area contributed by atoms with Gasteiger partial charge >= 0.3 is 17.9 Å². The van der Waals surface area contributed by atoms with Crippen LogP contribution in [0.3, 0.4) is 0 Å². The molecule has 5 atom stereocenters. The van der Waals surface area contributed by atoms with Crippen LogP contribution in [0, 0.1) is 0 Å². The van der Waals surface area contributed by atoms with Crippen LogP contribution < -0.4 is 0 Å². The molecular formula is C16H22O8. The summed E-state index contributed by atoms with van der Waals surface area (Å²) in [5.41, 5.74) is 0. The molecule has 1 aliphatic heterocycles. The Labute approximate surface area is 139 Å². The van der Waals surface area contributed by atoms with E-state index in [-0.39, 0.29) is 6.42 Å². The molecule has 8 heteroatoms. The Kier molecular flexibility index (Phi) is 7.60. The van der Waals surface area contributed by atoms with Crippen molar-refractivity contribution in [2.75, 3.05) is 0 Å². The number of carbonyl (C=O) groups excluding carboxylic acids is 3. The van der Waals surface area contributed by atoms with Gasteiger partial charge in [-0.3, -0.25) is 4.79 Å². The fourth-order valence-corrected chi connectivity index (χ4v) is 1.80. The summed E-state index contributed by atoms with van der Waals surface area (Å²) in [6.07, 6.45) is -0.961. The summed E-state index contributed by atoms with van der Waals surface area (Å²) in [6, 6.07) is 0. The number of carbonyl (C=O) groups is 3. The lowest BCUT2D eigenvalue weighted by Crippen LogP contribution is -2.30. The number of aliphatic hydroxyl groups excluding tert-OH is 2. The highest BCUT2D eigenvalue weighted by Crippen LogP contribution is 2.08. The van der Waals surface area contributed by atoms with Crippen LogP contribution in [0.15, 0.2) is 24.3 Å². The Bertz CT molecular complexity index is 524. The summed E-state index contributed by atoms with van der Waals surface area (Å²) in [5.74, 6) is -2.22. The summed E-state index contributed by atoms with van der Waals surface area (Å²) in [5, 5.41) is 19.6. The van der Waals surface area contributed by atoms with Gasteiger partial charge in [-0.1, -0.05) is 0 Å². The number of hydrogen-bond donors (Lipinski definition) is 2. The number of hydrogen-bond acceptors (Lipinski definition) is 8. The lowest BCUT2D eigenvalue weighted by atomic mass is 10.2. The first kappa shape index (κ1) is 19.9. The third kappa shape index (κ3) is 6.93. The van der Waals surface area contributed by atoms with E-state index in [1.54, 1.807) is 0 Å². The second-order valence-electron chi connectivity index (χ2n) is 5.49. The minimum absolute atomic E-state index is 0.193. The van der Waals surface area contributed by atoms with Crippen molar-refractivity contribution in [1.82, 2.24) is 0 Å². The molecule has 0 amide bonds. The lowest BCUT2D eigenvalue weighted by Gasteiger charge is -2.19. The van der Waals surface area contributed by atoms with E-state index in [2.05, 4.69) is 0 Å². The van der Waals surface area contributed by atoms with Gasteiger partial charge in [0.1, 0.15) is 30.5 Å². The monoisotopic (exact) mass is 342 g/mol. The van der Waals surface area contributed by atoms with Crippen LogP contribution in [0.4, 0.5) is 0 Å². The van der Waals surface area contributed by atoms with Crippen LogP contribution in [-0.4, -0.2) is 58.6 Å². The van der Waals surface area contributed by atoms with Crippen molar-refractivity contribution in [3.63, 3.8) is 0 Å². The molecule has 0 aromatic heterocycles. The Balaban J connectivity index is 2.91. The van der Waals surface area contributed by atoms with Crippen molar-refractivity contribution in [1.29, 1.82) is 0 Å². The van der Waals surface area contributed by atoms with Gasteiger partial charge < -0.3 is 24.4 Å². The van der Waals surface area contributed by atoms with Crippen LogP contribution >= 0.6 is 0 Å². The third-order valence-electron chi connectivity index (χ3n) is 3.21. The number of ether oxygens (including phenoxy) is 3. The first-order valence-corrected chi connectivity index (χ1v) is 7.52. The van der Waals surface area contributed by atoms with E-state index in [1.165, 1.54) is 20.8 Å². The average Bonchev–Trinajstić information content (AvgIpc) is 2.48. The molecule has 1 aliphatic rings. The van der Waals surface area contributed by atoms with Crippen molar-refractivity contribution >= 4 is 17.9 Å². The molecule has 0 saturated heterocycles. The third-order valence-corrected chi connectivity index (χ3v) is 3.21. The van der Waals surface area contributed by atoms with Crippen LogP contribution in [-0.2, 0) is 28.6 Å². The standard InChI is InChI=1S/C16H22O8/c1-9-8-16(21)24-11(3)13(18)5-7-15(20)23-10(2)12(17)4-6-14(19)22-9/h4-7,9-13,17-18H,8H2,1-3H3/b6-4+,7-5+/t9-,10+,11+,12+,13-/m0/s1. The maximum absolute atomic E-state index is 11.7. The van der Waals surface area contributed by atoms with Crippen molar-refractivity contribution in [3.05, 3.63) is 24.3 Å². The smallest absolute Gasteiger partial charge is 0.330 e. The van der Waals surface area contributed by atoms with E-state index >= 15 is 0 Å². The number of aliphatic hydroxyl groups is 2. The van der Waals surface area contributed by atoms with Crippen molar-refractivity contribution in [2.45, 2.75) is 57.7 Å². The second kappa shape index (κ2) is 9.19. The van der Waals surface area contributed by atoms with Crippen LogP contribution in [0.25, 0.3) is 0 Å². The SMILES string of the molecule is C[C@H]1CC(=O)O[C@H](C)[C@@H](O)/C=C/C(=O)O[C@H](C)[C@H](O)/C=C/C(=O)O1. The molecule has 0 aromatic rings. The van der Waals surface area contributed by atoms with Gasteiger partial charge in [0, 0.05) is 12.2 Å². The molecule has 1 heterocycles. The molecule has 0 radical (unpaired) electrons. The highest BCUT2D eigenvalue weighted by Gasteiger charge is 2.21. The van der Waals surface area contributed by atoms with E-state index < -0.39 is 48.4 Å². The highest BCUT2D eigenvalue weighted by atomic mass is 16.6. The second-order valence-corrected chi connectivity index (χ2v) is 5.49. The summed E-state index contributed by atoms with van der Waals surface area (Å²) >= 11 is 0. The Morgan fingerprint density at radius 1 is 0.833 bits per heavy atom.